The van der Waals surface area contributed by atoms with Gasteiger partial charge in [-0.05, 0) is 24.6 Å². The van der Waals surface area contributed by atoms with Crippen LogP contribution in [0.5, 0.6) is 0 Å². The monoisotopic (exact) mass is 321 g/mol. The first-order valence-electron chi connectivity index (χ1n) is 8.10. The van der Waals surface area contributed by atoms with Crippen LogP contribution >= 0.6 is 0 Å². The van der Waals surface area contributed by atoms with Crippen molar-refractivity contribution >= 4 is 11.8 Å². The molecule has 2 rings (SSSR count). The maximum atomic E-state index is 13.5. The van der Waals surface area contributed by atoms with Gasteiger partial charge in [-0.3, -0.25) is 9.59 Å². The highest BCUT2D eigenvalue weighted by atomic mass is 19.1. The summed E-state index contributed by atoms with van der Waals surface area (Å²) in [5.41, 5.74) is 0.565. The summed E-state index contributed by atoms with van der Waals surface area (Å²) >= 11 is 0. The number of carbonyl (C=O) groups is 2. The minimum atomic E-state index is -0.302. The summed E-state index contributed by atoms with van der Waals surface area (Å²) in [6.45, 7) is 6.48. The molecular formula is C17H24FN3O2. The number of nitrogens with one attached hydrogen (secondary N) is 1. The number of nitrogens with zero attached hydrogens (tertiary/aromatic N) is 2. The van der Waals surface area contributed by atoms with Gasteiger partial charge in [-0.25, -0.2) is 4.39 Å². The quantitative estimate of drug-likeness (QED) is 0.797. The van der Waals surface area contributed by atoms with Crippen LogP contribution in [-0.2, 0) is 16.0 Å². The van der Waals surface area contributed by atoms with Crippen LogP contribution in [0.25, 0.3) is 0 Å². The van der Waals surface area contributed by atoms with Crippen molar-refractivity contribution in [2.75, 3.05) is 39.3 Å². The van der Waals surface area contributed by atoms with Gasteiger partial charge >= 0.3 is 0 Å². The minimum absolute atomic E-state index is 0.135. The lowest BCUT2D eigenvalue weighted by Crippen LogP contribution is -2.49. The number of hydrogen-bond donors (Lipinski definition) is 1. The van der Waals surface area contributed by atoms with E-state index in [4.69, 9.17) is 0 Å². The number of carbonyl (C=O) groups excluding carboxylic acids is 2. The van der Waals surface area contributed by atoms with Gasteiger partial charge in [0.15, 0.2) is 0 Å². The van der Waals surface area contributed by atoms with E-state index in [1.54, 1.807) is 23.1 Å². The molecule has 1 heterocycles. The predicted octanol–water partition coefficient (Wildman–Crippen LogP) is 1.04. The van der Waals surface area contributed by atoms with Gasteiger partial charge in [-0.1, -0.05) is 25.1 Å². The van der Waals surface area contributed by atoms with Crippen LogP contribution in [0, 0.1) is 5.82 Å². The van der Waals surface area contributed by atoms with Crippen LogP contribution in [0.3, 0.4) is 0 Å². The van der Waals surface area contributed by atoms with Gasteiger partial charge in [0.05, 0.1) is 0 Å². The second kappa shape index (κ2) is 8.62. The Labute approximate surface area is 136 Å². The molecule has 1 aliphatic heterocycles. The second-order valence-electron chi connectivity index (χ2n) is 5.68. The molecule has 1 aromatic rings. The first-order chi connectivity index (χ1) is 11.1. The normalized spacial score (nSPS) is 15.5. The molecule has 5 nitrogen and oxygen atoms in total. The SMILES string of the molecule is CCN1CCN(C(=O)CC(=O)NCCc2ccccc2F)CC1. The summed E-state index contributed by atoms with van der Waals surface area (Å²) in [6, 6.07) is 6.49. The average molecular weight is 321 g/mol. The fourth-order valence-electron chi connectivity index (χ4n) is 2.66. The van der Waals surface area contributed by atoms with Gasteiger partial charge in [-0.2, -0.15) is 0 Å². The zero-order valence-electron chi connectivity index (χ0n) is 13.6. The highest BCUT2D eigenvalue weighted by Crippen LogP contribution is 2.06. The van der Waals surface area contributed by atoms with Crippen molar-refractivity contribution in [2.24, 2.45) is 0 Å². The molecule has 0 saturated carbocycles. The van der Waals surface area contributed by atoms with Crippen molar-refractivity contribution < 1.29 is 14.0 Å². The Bertz CT molecular complexity index is 542. The van der Waals surface area contributed by atoms with Gasteiger partial charge in [0.2, 0.25) is 11.8 Å². The largest absolute Gasteiger partial charge is 0.355 e. The van der Waals surface area contributed by atoms with Gasteiger partial charge in [0.25, 0.3) is 0 Å². The highest BCUT2D eigenvalue weighted by Gasteiger charge is 2.21. The Morgan fingerprint density at radius 2 is 1.87 bits per heavy atom. The van der Waals surface area contributed by atoms with Crippen LogP contribution in [0.15, 0.2) is 24.3 Å². The van der Waals surface area contributed by atoms with Crippen LogP contribution in [0.1, 0.15) is 18.9 Å². The van der Waals surface area contributed by atoms with Gasteiger partial charge < -0.3 is 15.1 Å². The third kappa shape index (κ3) is 5.32. The van der Waals surface area contributed by atoms with Crippen molar-refractivity contribution in [1.29, 1.82) is 0 Å². The molecule has 6 heteroatoms. The fourth-order valence-corrected chi connectivity index (χ4v) is 2.66. The number of hydrogen-bond acceptors (Lipinski definition) is 3. The van der Waals surface area contributed by atoms with Crippen molar-refractivity contribution in [3.8, 4) is 0 Å². The summed E-state index contributed by atoms with van der Waals surface area (Å²) in [6.07, 6.45) is 0.283. The van der Waals surface area contributed by atoms with E-state index in [9.17, 15) is 14.0 Å². The van der Waals surface area contributed by atoms with E-state index in [1.165, 1.54) is 6.07 Å². The summed E-state index contributed by atoms with van der Waals surface area (Å²) in [7, 11) is 0. The summed E-state index contributed by atoms with van der Waals surface area (Å²) in [4.78, 5) is 27.9. The maximum absolute atomic E-state index is 13.5. The van der Waals surface area contributed by atoms with E-state index < -0.39 is 0 Å². The smallest absolute Gasteiger partial charge is 0.232 e. The lowest BCUT2D eigenvalue weighted by atomic mass is 10.1. The molecule has 1 aliphatic rings. The lowest BCUT2D eigenvalue weighted by Gasteiger charge is -2.33. The summed E-state index contributed by atoms with van der Waals surface area (Å²) in [5.74, 6) is -0.708. The molecule has 2 amide bonds. The first-order valence-corrected chi connectivity index (χ1v) is 8.10. The van der Waals surface area contributed by atoms with Crippen molar-refractivity contribution in [2.45, 2.75) is 19.8 Å². The molecule has 0 spiro atoms. The number of halogens is 1. The molecule has 23 heavy (non-hydrogen) atoms. The topological polar surface area (TPSA) is 52.7 Å². The fraction of sp³-hybridized carbons (Fsp3) is 0.529. The van der Waals surface area contributed by atoms with Crippen molar-refractivity contribution in [3.63, 3.8) is 0 Å². The first kappa shape index (κ1) is 17.4. The van der Waals surface area contributed by atoms with E-state index in [2.05, 4.69) is 17.1 Å². The Morgan fingerprint density at radius 3 is 2.52 bits per heavy atom. The van der Waals surface area contributed by atoms with E-state index in [-0.39, 0.29) is 24.1 Å². The number of likely N-dealkylation sites (N-methyl/N-ethyl adjacent to an activating group) is 1. The third-order valence-corrected chi connectivity index (χ3v) is 4.16. The average Bonchev–Trinajstić information content (AvgIpc) is 2.56. The third-order valence-electron chi connectivity index (χ3n) is 4.16. The molecule has 1 N–H and O–H groups in total. The molecule has 126 valence electrons. The van der Waals surface area contributed by atoms with Crippen molar-refractivity contribution in [1.82, 2.24) is 15.1 Å². The van der Waals surface area contributed by atoms with Crippen LogP contribution in [0.2, 0.25) is 0 Å². The zero-order chi connectivity index (χ0) is 16.7. The number of rotatable bonds is 6. The second-order valence-corrected chi connectivity index (χ2v) is 5.68. The molecule has 0 aromatic heterocycles. The molecule has 0 atom stereocenters. The summed E-state index contributed by atoms with van der Waals surface area (Å²) in [5, 5.41) is 2.68. The van der Waals surface area contributed by atoms with Gasteiger partial charge in [0, 0.05) is 32.7 Å². The molecule has 0 unspecified atom stereocenters. The van der Waals surface area contributed by atoms with Crippen LogP contribution in [-0.4, -0.2) is 60.9 Å². The molecule has 1 fully saturated rings. The zero-order valence-corrected chi connectivity index (χ0v) is 13.6. The molecular weight excluding hydrogens is 297 g/mol. The Balaban J connectivity index is 1.68. The molecule has 0 aliphatic carbocycles. The standard InChI is InChI=1S/C17H24FN3O2/c1-2-20-9-11-21(12-10-20)17(23)13-16(22)19-8-7-14-5-3-4-6-15(14)18/h3-6H,2,7-13H2,1H3,(H,19,22). The van der Waals surface area contributed by atoms with Gasteiger partial charge in [0.1, 0.15) is 12.2 Å². The Morgan fingerprint density at radius 1 is 1.17 bits per heavy atom. The predicted molar refractivity (Wildman–Crippen MR) is 86.4 cm³/mol. The Kier molecular flexibility index (Phi) is 6.52. The van der Waals surface area contributed by atoms with Crippen molar-refractivity contribution in [3.05, 3.63) is 35.6 Å². The highest BCUT2D eigenvalue weighted by molar-refractivity contribution is 5.96. The van der Waals surface area contributed by atoms with Gasteiger partial charge in [-0.15, -0.1) is 0 Å². The molecule has 0 bridgehead atoms. The number of amides is 2. The molecule has 0 radical (unpaired) electrons. The lowest BCUT2D eigenvalue weighted by molar-refractivity contribution is -0.137. The van der Waals surface area contributed by atoms with Crippen LogP contribution in [0.4, 0.5) is 4.39 Å². The molecule has 1 saturated heterocycles. The minimum Gasteiger partial charge on any atom is -0.355 e. The maximum Gasteiger partial charge on any atom is 0.232 e. The molecule has 1 aromatic carbocycles. The number of piperazine rings is 1. The Hall–Kier alpha value is -1.95. The number of benzene rings is 1. The van der Waals surface area contributed by atoms with E-state index in [0.29, 0.717) is 31.6 Å². The van der Waals surface area contributed by atoms with Crippen LogP contribution < -0.4 is 5.32 Å². The summed E-state index contributed by atoms with van der Waals surface area (Å²) < 4.78 is 13.5. The van der Waals surface area contributed by atoms with E-state index in [0.717, 1.165) is 19.6 Å². The van der Waals surface area contributed by atoms with E-state index in [1.807, 2.05) is 0 Å². The van der Waals surface area contributed by atoms with E-state index >= 15 is 0 Å².